The molecule has 29 heavy (non-hydrogen) atoms. The van der Waals surface area contributed by atoms with Gasteiger partial charge in [0.2, 0.25) is 11.8 Å². The molecular formula is C18H22ClN3O5S2. The minimum Gasteiger partial charge on any atom is -0.497 e. The molecule has 0 saturated carbocycles. The van der Waals surface area contributed by atoms with Crippen molar-refractivity contribution in [2.24, 2.45) is 0 Å². The first-order valence-electron chi connectivity index (χ1n) is 8.60. The van der Waals surface area contributed by atoms with E-state index in [-0.39, 0.29) is 17.3 Å². The van der Waals surface area contributed by atoms with Crippen molar-refractivity contribution in [1.29, 1.82) is 0 Å². The number of likely N-dealkylation sites (N-methyl/N-ethyl adjacent to an activating group) is 2. The van der Waals surface area contributed by atoms with Crippen LogP contribution < -0.4 is 10.1 Å². The normalized spacial score (nSPS) is 11.3. The molecule has 0 atom stereocenters. The lowest BCUT2D eigenvalue weighted by atomic mass is 10.3. The Morgan fingerprint density at radius 3 is 2.52 bits per heavy atom. The monoisotopic (exact) mass is 459 g/mol. The predicted octanol–water partition coefficient (Wildman–Crippen LogP) is 2.52. The fourth-order valence-corrected chi connectivity index (χ4v) is 5.23. The largest absolute Gasteiger partial charge is 0.497 e. The Kier molecular flexibility index (Phi) is 8.03. The van der Waals surface area contributed by atoms with Gasteiger partial charge in [-0.15, -0.1) is 11.3 Å². The molecule has 1 heterocycles. The molecule has 0 aliphatic rings. The minimum atomic E-state index is -3.83. The van der Waals surface area contributed by atoms with Crippen molar-refractivity contribution in [3.05, 3.63) is 40.7 Å². The van der Waals surface area contributed by atoms with Crippen LogP contribution in [0, 0.1) is 0 Å². The molecule has 1 N–H and O–H groups in total. The number of hydrogen-bond acceptors (Lipinski definition) is 6. The highest BCUT2D eigenvalue weighted by Gasteiger charge is 2.27. The highest BCUT2D eigenvalue weighted by molar-refractivity contribution is 7.91. The van der Waals surface area contributed by atoms with Crippen LogP contribution in [0.2, 0.25) is 4.34 Å². The predicted molar refractivity (Wildman–Crippen MR) is 113 cm³/mol. The smallest absolute Gasteiger partial charge is 0.252 e. The van der Waals surface area contributed by atoms with E-state index in [9.17, 15) is 18.0 Å². The van der Waals surface area contributed by atoms with E-state index >= 15 is 0 Å². The highest BCUT2D eigenvalue weighted by Crippen LogP contribution is 2.27. The van der Waals surface area contributed by atoms with Gasteiger partial charge in [0.05, 0.1) is 24.5 Å². The number of thiophene rings is 1. The van der Waals surface area contributed by atoms with Gasteiger partial charge in [0.15, 0.2) is 0 Å². The summed E-state index contributed by atoms with van der Waals surface area (Å²) in [6.07, 6.45) is 0. The molecule has 0 spiro atoms. The molecule has 11 heteroatoms. The Hall–Kier alpha value is -2.14. The lowest BCUT2D eigenvalue weighted by Gasteiger charge is -2.23. The Bertz CT molecular complexity index is 977. The molecule has 0 aliphatic heterocycles. The van der Waals surface area contributed by atoms with E-state index in [1.54, 1.807) is 31.2 Å². The van der Waals surface area contributed by atoms with E-state index in [0.717, 1.165) is 15.6 Å². The van der Waals surface area contributed by atoms with Crippen LogP contribution >= 0.6 is 22.9 Å². The quantitative estimate of drug-likeness (QED) is 0.621. The molecule has 0 radical (unpaired) electrons. The molecule has 0 unspecified atom stereocenters. The van der Waals surface area contributed by atoms with Crippen molar-refractivity contribution in [2.75, 3.05) is 39.1 Å². The number of methoxy groups -OCH3 is 1. The van der Waals surface area contributed by atoms with Gasteiger partial charge in [-0.25, -0.2) is 8.42 Å². The van der Waals surface area contributed by atoms with Crippen molar-refractivity contribution in [3.63, 3.8) is 0 Å². The Labute approximate surface area is 179 Å². The number of hydrogen-bond donors (Lipinski definition) is 1. The van der Waals surface area contributed by atoms with E-state index in [0.29, 0.717) is 15.8 Å². The van der Waals surface area contributed by atoms with Crippen LogP contribution in [0.3, 0.4) is 0 Å². The molecule has 158 valence electrons. The molecule has 0 saturated heterocycles. The van der Waals surface area contributed by atoms with Crippen LogP contribution in [-0.4, -0.2) is 63.2 Å². The van der Waals surface area contributed by atoms with Gasteiger partial charge in [-0.1, -0.05) is 17.7 Å². The third-order valence-corrected chi connectivity index (χ3v) is 7.50. The SMILES string of the molecule is CCN(CC(=O)Nc1cccc(OC)c1)C(=O)CN(C)S(=O)(=O)c1ccc(Cl)s1. The van der Waals surface area contributed by atoms with E-state index in [1.165, 1.54) is 31.2 Å². The summed E-state index contributed by atoms with van der Waals surface area (Å²) in [5.74, 6) is -0.294. The third-order valence-electron chi connectivity index (χ3n) is 3.99. The van der Waals surface area contributed by atoms with Crippen LogP contribution in [0.1, 0.15) is 6.92 Å². The van der Waals surface area contributed by atoms with Crippen LogP contribution in [0.5, 0.6) is 5.75 Å². The second kappa shape index (κ2) is 10.1. The number of benzene rings is 1. The topological polar surface area (TPSA) is 96.0 Å². The number of anilines is 1. The number of nitrogens with zero attached hydrogens (tertiary/aromatic N) is 2. The second-order valence-electron chi connectivity index (χ2n) is 6.01. The number of carbonyl (C=O) groups excluding carboxylic acids is 2. The zero-order valence-corrected chi connectivity index (χ0v) is 18.6. The average Bonchev–Trinajstić information content (AvgIpc) is 3.13. The molecule has 0 bridgehead atoms. The minimum absolute atomic E-state index is 0.0524. The van der Waals surface area contributed by atoms with Crippen LogP contribution in [0.25, 0.3) is 0 Å². The molecule has 0 fully saturated rings. The summed E-state index contributed by atoms with van der Waals surface area (Å²) in [6.45, 7) is 1.37. The first-order valence-corrected chi connectivity index (χ1v) is 11.2. The van der Waals surface area contributed by atoms with Crippen molar-refractivity contribution in [1.82, 2.24) is 9.21 Å². The maximum Gasteiger partial charge on any atom is 0.252 e. The molecule has 1 aromatic carbocycles. The number of amides is 2. The Morgan fingerprint density at radius 2 is 1.93 bits per heavy atom. The van der Waals surface area contributed by atoms with E-state index in [2.05, 4.69) is 5.32 Å². The van der Waals surface area contributed by atoms with E-state index in [1.807, 2.05) is 0 Å². The molecular weight excluding hydrogens is 438 g/mol. The van der Waals surface area contributed by atoms with Gasteiger partial charge in [0, 0.05) is 25.3 Å². The van der Waals surface area contributed by atoms with Gasteiger partial charge >= 0.3 is 0 Å². The van der Waals surface area contributed by atoms with Gasteiger partial charge in [0.1, 0.15) is 9.96 Å². The van der Waals surface area contributed by atoms with Gasteiger partial charge in [-0.3, -0.25) is 9.59 Å². The van der Waals surface area contributed by atoms with Gasteiger partial charge < -0.3 is 15.0 Å². The van der Waals surface area contributed by atoms with Gasteiger partial charge in [-0.2, -0.15) is 4.31 Å². The van der Waals surface area contributed by atoms with Crippen LogP contribution in [0.4, 0.5) is 5.69 Å². The first kappa shape index (κ1) is 23.1. The molecule has 1 aromatic heterocycles. The number of nitrogens with one attached hydrogen (secondary N) is 1. The lowest BCUT2D eigenvalue weighted by molar-refractivity contribution is -0.134. The summed E-state index contributed by atoms with van der Waals surface area (Å²) < 4.78 is 31.5. The zero-order valence-electron chi connectivity index (χ0n) is 16.2. The summed E-state index contributed by atoms with van der Waals surface area (Å²) in [6, 6.07) is 9.70. The summed E-state index contributed by atoms with van der Waals surface area (Å²) in [5.41, 5.74) is 0.534. The Balaban J connectivity index is 1.99. The van der Waals surface area contributed by atoms with Gasteiger partial charge in [0.25, 0.3) is 10.0 Å². The number of ether oxygens (including phenoxy) is 1. The second-order valence-corrected chi connectivity index (χ2v) is 9.99. The molecule has 0 aliphatic carbocycles. The molecule has 2 amide bonds. The zero-order chi connectivity index (χ0) is 21.6. The number of rotatable bonds is 9. The maximum absolute atomic E-state index is 12.6. The fourth-order valence-electron chi connectivity index (χ4n) is 2.42. The number of halogens is 1. The molecule has 8 nitrogen and oxygen atoms in total. The highest BCUT2D eigenvalue weighted by atomic mass is 35.5. The van der Waals surface area contributed by atoms with Crippen molar-refractivity contribution in [2.45, 2.75) is 11.1 Å². The summed E-state index contributed by atoms with van der Waals surface area (Å²) in [4.78, 5) is 26.1. The maximum atomic E-state index is 12.6. The Morgan fingerprint density at radius 1 is 1.21 bits per heavy atom. The average molecular weight is 460 g/mol. The van der Waals surface area contributed by atoms with Crippen LogP contribution in [0.15, 0.2) is 40.6 Å². The number of carbonyl (C=O) groups is 2. The third kappa shape index (κ3) is 6.17. The van der Waals surface area contributed by atoms with E-state index < -0.39 is 28.4 Å². The van der Waals surface area contributed by atoms with Crippen molar-refractivity contribution >= 4 is 50.5 Å². The van der Waals surface area contributed by atoms with E-state index in [4.69, 9.17) is 16.3 Å². The van der Waals surface area contributed by atoms with Gasteiger partial charge in [-0.05, 0) is 31.2 Å². The summed E-state index contributed by atoms with van der Waals surface area (Å²) in [5, 5.41) is 2.69. The lowest BCUT2D eigenvalue weighted by Crippen LogP contribution is -2.44. The summed E-state index contributed by atoms with van der Waals surface area (Å²) >= 11 is 6.72. The van der Waals surface area contributed by atoms with Crippen molar-refractivity contribution in [3.8, 4) is 5.75 Å². The standard InChI is InChI=1S/C18H22ClN3O5S2/c1-4-22(11-16(23)20-13-6-5-7-14(10-13)27-3)17(24)12-21(2)29(25,26)18-9-8-15(19)28-18/h5-10H,4,11-12H2,1-3H3,(H,20,23). The first-order chi connectivity index (χ1) is 13.7. The summed E-state index contributed by atoms with van der Waals surface area (Å²) in [7, 11) is -1.00. The van der Waals surface area contributed by atoms with Crippen LogP contribution in [-0.2, 0) is 19.6 Å². The molecule has 2 aromatic rings. The fraction of sp³-hybridized carbons (Fsp3) is 0.333. The number of sulfonamides is 1. The van der Waals surface area contributed by atoms with Crippen molar-refractivity contribution < 1.29 is 22.7 Å². The molecule has 2 rings (SSSR count).